The van der Waals surface area contributed by atoms with Gasteiger partial charge in [0.15, 0.2) is 0 Å². The van der Waals surface area contributed by atoms with E-state index in [9.17, 15) is 14.4 Å². The minimum absolute atomic E-state index is 0.0556. The van der Waals surface area contributed by atoms with Crippen LogP contribution in [0.1, 0.15) is 32.2 Å². The van der Waals surface area contributed by atoms with Gasteiger partial charge in [-0.05, 0) is 25.0 Å². The van der Waals surface area contributed by atoms with Gasteiger partial charge in [-0.15, -0.1) is 11.3 Å². The smallest absolute Gasteiger partial charge is 0.345 e. The van der Waals surface area contributed by atoms with E-state index in [1.807, 2.05) is 0 Å². The Bertz CT molecular complexity index is 540. The first kappa shape index (κ1) is 14.5. The molecule has 1 saturated heterocycles. The van der Waals surface area contributed by atoms with Crippen LogP contribution in [0.25, 0.3) is 0 Å². The zero-order valence-electron chi connectivity index (χ0n) is 11.1. The highest BCUT2D eigenvalue weighted by molar-refractivity contribution is 7.15. The van der Waals surface area contributed by atoms with Crippen LogP contribution in [0.4, 0.5) is 0 Å². The van der Waals surface area contributed by atoms with Crippen LogP contribution in [0.15, 0.2) is 12.1 Å². The number of piperidine rings is 1. The molecule has 0 spiro atoms. The summed E-state index contributed by atoms with van der Waals surface area (Å²) in [6.07, 6.45) is 1.55. The number of carboxylic acid groups (broad SMARTS) is 1. The van der Waals surface area contributed by atoms with Gasteiger partial charge in [0.1, 0.15) is 4.88 Å². The van der Waals surface area contributed by atoms with Crippen LogP contribution in [0, 0.1) is 5.92 Å². The first-order chi connectivity index (χ1) is 9.52. The Morgan fingerprint density at radius 3 is 2.65 bits per heavy atom. The van der Waals surface area contributed by atoms with Gasteiger partial charge in [-0.2, -0.15) is 0 Å². The fraction of sp³-hybridized carbons (Fsp3) is 0.462. The second kappa shape index (κ2) is 6.04. The van der Waals surface area contributed by atoms with E-state index in [0.29, 0.717) is 18.0 Å². The number of nitrogens with one attached hydrogen (secondary N) is 1. The fourth-order valence-electron chi connectivity index (χ4n) is 2.30. The minimum Gasteiger partial charge on any atom is -0.477 e. The van der Waals surface area contributed by atoms with Crippen molar-refractivity contribution in [1.82, 2.24) is 10.2 Å². The van der Waals surface area contributed by atoms with E-state index in [0.717, 1.165) is 24.2 Å². The average Bonchev–Trinajstić information content (AvgIpc) is 2.95. The summed E-state index contributed by atoms with van der Waals surface area (Å²) >= 11 is 0.967. The van der Waals surface area contributed by atoms with Gasteiger partial charge in [0, 0.05) is 20.1 Å². The van der Waals surface area contributed by atoms with Gasteiger partial charge >= 0.3 is 5.97 Å². The van der Waals surface area contributed by atoms with Crippen molar-refractivity contribution in [2.24, 2.45) is 5.92 Å². The predicted molar refractivity (Wildman–Crippen MR) is 74.0 cm³/mol. The molecule has 2 heterocycles. The Balaban J connectivity index is 2.08. The number of carbonyl (C=O) groups is 3. The number of rotatable bonds is 3. The molecule has 1 aliphatic rings. The number of hydrogen-bond acceptors (Lipinski definition) is 4. The van der Waals surface area contributed by atoms with Crippen LogP contribution in [0.3, 0.4) is 0 Å². The summed E-state index contributed by atoms with van der Waals surface area (Å²) < 4.78 is 0. The van der Waals surface area contributed by atoms with Crippen LogP contribution in [0.5, 0.6) is 0 Å². The first-order valence-electron chi connectivity index (χ1n) is 6.37. The van der Waals surface area contributed by atoms with Gasteiger partial charge in [-0.25, -0.2) is 4.79 Å². The lowest BCUT2D eigenvalue weighted by molar-refractivity contribution is -0.125. The van der Waals surface area contributed by atoms with Crippen molar-refractivity contribution in [3.8, 4) is 0 Å². The van der Waals surface area contributed by atoms with Crippen LogP contribution in [0.2, 0.25) is 0 Å². The van der Waals surface area contributed by atoms with E-state index in [4.69, 9.17) is 5.11 Å². The van der Waals surface area contributed by atoms with Crippen molar-refractivity contribution in [1.29, 1.82) is 0 Å². The average molecular weight is 296 g/mol. The van der Waals surface area contributed by atoms with Crippen LogP contribution in [-0.2, 0) is 4.79 Å². The van der Waals surface area contributed by atoms with Crippen LogP contribution >= 0.6 is 11.3 Å². The molecular weight excluding hydrogens is 280 g/mol. The van der Waals surface area contributed by atoms with Crippen molar-refractivity contribution in [2.45, 2.75) is 12.8 Å². The Hall–Kier alpha value is -1.89. The number of hydrogen-bond donors (Lipinski definition) is 2. The summed E-state index contributed by atoms with van der Waals surface area (Å²) in [4.78, 5) is 36.9. The topological polar surface area (TPSA) is 86.7 Å². The molecule has 108 valence electrons. The molecular formula is C13H16N2O4S. The third kappa shape index (κ3) is 2.98. The summed E-state index contributed by atoms with van der Waals surface area (Å²) in [5.41, 5.74) is 0. The summed E-state index contributed by atoms with van der Waals surface area (Å²) in [6, 6.07) is 2.96. The zero-order valence-corrected chi connectivity index (χ0v) is 11.9. The molecule has 0 aliphatic carbocycles. The third-order valence-electron chi connectivity index (χ3n) is 3.35. The molecule has 2 amide bonds. The maximum absolute atomic E-state index is 12.3. The zero-order chi connectivity index (χ0) is 14.7. The van der Waals surface area contributed by atoms with E-state index in [1.165, 1.54) is 12.1 Å². The lowest BCUT2D eigenvalue weighted by Crippen LogP contribution is -2.44. The maximum atomic E-state index is 12.3. The maximum Gasteiger partial charge on any atom is 0.345 e. The number of amides is 2. The molecule has 1 aromatic rings. The predicted octanol–water partition coefficient (Wildman–Crippen LogP) is 1.04. The SMILES string of the molecule is CNC(=O)[C@H]1CCCN(C(=O)c2ccc(C(=O)O)s2)C1. The van der Waals surface area contributed by atoms with Crippen molar-refractivity contribution >= 4 is 29.1 Å². The highest BCUT2D eigenvalue weighted by atomic mass is 32.1. The molecule has 2 rings (SSSR count). The molecule has 2 N–H and O–H groups in total. The second-order valence-corrected chi connectivity index (χ2v) is 5.76. The minimum atomic E-state index is -1.03. The van der Waals surface area contributed by atoms with Gasteiger partial charge in [-0.3, -0.25) is 9.59 Å². The molecule has 0 aromatic carbocycles. The molecule has 0 bridgehead atoms. The normalized spacial score (nSPS) is 18.6. The van der Waals surface area contributed by atoms with Crippen molar-refractivity contribution in [2.75, 3.05) is 20.1 Å². The molecule has 1 aromatic heterocycles. The molecule has 20 heavy (non-hydrogen) atoms. The number of likely N-dealkylation sites (tertiary alicyclic amines) is 1. The van der Waals surface area contributed by atoms with Crippen molar-refractivity contribution in [3.63, 3.8) is 0 Å². The number of carboxylic acids is 1. The summed E-state index contributed by atoms with van der Waals surface area (Å²) in [7, 11) is 1.58. The van der Waals surface area contributed by atoms with E-state index in [-0.39, 0.29) is 22.6 Å². The lowest BCUT2D eigenvalue weighted by Gasteiger charge is -2.31. The lowest BCUT2D eigenvalue weighted by atomic mass is 9.97. The molecule has 1 atom stereocenters. The number of thiophene rings is 1. The van der Waals surface area contributed by atoms with Gasteiger partial charge in [0.25, 0.3) is 5.91 Å². The Labute approximate surface area is 120 Å². The van der Waals surface area contributed by atoms with Crippen molar-refractivity contribution < 1.29 is 19.5 Å². The Morgan fingerprint density at radius 1 is 1.35 bits per heavy atom. The summed E-state index contributed by atoms with van der Waals surface area (Å²) in [5.74, 6) is -1.47. The summed E-state index contributed by atoms with van der Waals surface area (Å²) in [5, 5.41) is 11.5. The second-order valence-electron chi connectivity index (χ2n) is 4.67. The van der Waals surface area contributed by atoms with E-state index < -0.39 is 5.97 Å². The van der Waals surface area contributed by atoms with Crippen LogP contribution < -0.4 is 5.32 Å². The molecule has 0 unspecified atom stereocenters. The summed E-state index contributed by atoms with van der Waals surface area (Å²) in [6.45, 7) is 0.992. The Morgan fingerprint density at radius 2 is 2.05 bits per heavy atom. The largest absolute Gasteiger partial charge is 0.477 e. The van der Waals surface area contributed by atoms with Gasteiger partial charge in [-0.1, -0.05) is 0 Å². The highest BCUT2D eigenvalue weighted by Crippen LogP contribution is 2.22. The number of aromatic carboxylic acids is 1. The first-order valence-corrected chi connectivity index (χ1v) is 7.18. The van der Waals surface area contributed by atoms with Gasteiger partial charge < -0.3 is 15.3 Å². The van der Waals surface area contributed by atoms with E-state index in [2.05, 4.69) is 5.32 Å². The molecule has 0 radical (unpaired) electrons. The van der Waals surface area contributed by atoms with Crippen molar-refractivity contribution in [3.05, 3.63) is 21.9 Å². The third-order valence-corrected chi connectivity index (χ3v) is 4.41. The molecule has 1 aliphatic heterocycles. The molecule has 7 heteroatoms. The number of nitrogens with zero attached hydrogens (tertiary/aromatic N) is 1. The van der Waals surface area contributed by atoms with Gasteiger partial charge in [0.2, 0.25) is 5.91 Å². The van der Waals surface area contributed by atoms with E-state index >= 15 is 0 Å². The molecule has 6 nitrogen and oxygen atoms in total. The molecule has 1 fully saturated rings. The monoisotopic (exact) mass is 296 g/mol. The molecule has 0 saturated carbocycles. The number of carbonyl (C=O) groups excluding carboxylic acids is 2. The standard InChI is InChI=1S/C13H16N2O4S/c1-14-11(16)8-3-2-6-15(7-8)12(17)9-4-5-10(20-9)13(18)19/h4-5,8H,2-3,6-7H2,1H3,(H,14,16)(H,18,19)/t8-/m0/s1. The quantitative estimate of drug-likeness (QED) is 0.872. The van der Waals surface area contributed by atoms with E-state index in [1.54, 1.807) is 11.9 Å². The highest BCUT2D eigenvalue weighted by Gasteiger charge is 2.29. The fourth-order valence-corrected chi connectivity index (χ4v) is 3.12. The van der Waals surface area contributed by atoms with Crippen LogP contribution in [-0.4, -0.2) is 47.9 Å². The Kier molecular flexibility index (Phi) is 4.39. The van der Waals surface area contributed by atoms with Gasteiger partial charge in [0.05, 0.1) is 10.8 Å².